The Morgan fingerprint density at radius 3 is 2.29 bits per heavy atom. The number of benzene rings is 2. The molecule has 0 saturated carbocycles. The van der Waals surface area contributed by atoms with Crippen molar-refractivity contribution in [1.29, 1.82) is 0 Å². The molecule has 1 aromatic heterocycles. The highest BCUT2D eigenvalue weighted by Crippen LogP contribution is 2.19. The van der Waals surface area contributed by atoms with Gasteiger partial charge in [0.25, 0.3) is 0 Å². The molecule has 1 heterocycles. The van der Waals surface area contributed by atoms with E-state index < -0.39 is 9.84 Å². The van der Waals surface area contributed by atoms with Gasteiger partial charge in [0.15, 0.2) is 15.7 Å². The number of hydrogen-bond donors (Lipinski definition) is 0. The summed E-state index contributed by atoms with van der Waals surface area (Å²) in [5.41, 5.74) is 2.71. The maximum absolute atomic E-state index is 12.5. The largest absolute Gasteiger partial charge is 0.313 e. The molecule has 0 N–H and O–H groups in total. The van der Waals surface area contributed by atoms with Crippen LogP contribution in [0.15, 0.2) is 54.6 Å². The fourth-order valence-corrected chi connectivity index (χ4v) is 4.13. The van der Waals surface area contributed by atoms with Crippen molar-refractivity contribution in [3.05, 3.63) is 71.5 Å². The van der Waals surface area contributed by atoms with Crippen LogP contribution in [0.5, 0.6) is 0 Å². The van der Waals surface area contributed by atoms with Crippen LogP contribution in [-0.2, 0) is 28.4 Å². The van der Waals surface area contributed by atoms with Crippen molar-refractivity contribution in [3.8, 4) is 11.4 Å². The first-order valence-corrected chi connectivity index (χ1v) is 9.47. The van der Waals surface area contributed by atoms with Gasteiger partial charge in [0.1, 0.15) is 11.6 Å². The molecular weight excluding hydrogens is 322 g/mol. The topological polar surface area (TPSA) is 64.8 Å². The molecule has 0 atom stereocenters. The lowest BCUT2D eigenvalue weighted by atomic mass is 10.1. The van der Waals surface area contributed by atoms with E-state index in [9.17, 15) is 8.42 Å². The molecule has 3 aromatic rings. The highest BCUT2D eigenvalue weighted by Gasteiger charge is 2.19. The van der Waals surface area contributed by atoms with Crippen molar-refractivity contribution in [2.75, 3.05) is 0 Å². The fourth-order valence-electron chi connectivity index (χ4n) is 2.58. The van der Waals surface area contributed by atoms with Gasteiger partial charge in [-0.1, -0.05) is 54.6 Å². The summed E-state index contributed by atoms with van der Waals surface area (Å²) in [4.78, 5) is 0. The molecule has 2 aromatic carbocycles. The van der Waals surface area contributed by atoms with Crippen molar-refractivity contribution < 1.29 is 8.42 Å². The summed E-state index contributed by atoms with van der Waals surface area (Å²) >= 11 is 0. The first kappa shape index (κ1) is 16.4. The summed E-state index contributed by atoms with van der Waals surface area (Å²) in [7, 11) is -1.53. The average molecular weight is 341 g/mol. The molecule has 0 bridgehead atoms. The van der Waals surface area contributed by atoms with Crippen molar-refractivity contribution in [2.45, 2.75) is 18.4 Å². The number of hydrogen-bond acceptors (Lipinski definition) is 4. The summed E-state index contributed by atoms with van der Waals surface area (Å²) in [5, 5.41) is 8.22. The van der Waals surface area contributed by atoms with Gasteiger partial charge in [-0.25, -0.2) is 8.42 Å². The molecule has 0 aliphatic carbocycles. The molecule has 0 fully saturated rings. The summed E-state index contributed by atoms with van der Waals surface area (Å²) < 4.78 is 26.8. The first-order chi connectivity index (χ1) is 11.5. The van der Waals surface area contributed by atoms with E-state index in [1.54, 1.807) is 11.6 Å². The van der Waals surface area contributed by atoms with Crippen LogP contribution in [0.2, 0.25) is 0 Å². The Morgan fingerprint density at radius 1 is 0.917 bits per heavy atom. The van der Waals surface area contributed by atoms with Crippen LogP contribution in [0.4, 0.5) is 0 Å². The predicted octanol–water partition coefficient (Wildman–Crippen LogP) is 2.91. The molecule has 3 rings (SSSR count). The molecule has 0 saturated heterocycles. The van der Waals surface area contributed by atoms with Crippen LogP contribution in [0.25, 0.3) is 11.4 Å². The van der Waals surface area contributed by atoms with Crippen LogP contribution < -0.4 is 0 Å². The number of aryl methyl sites for hydroxylation is 1. The zero-order valence-electron chi connectivity index (χ0n) is 13.7. The van der Waals surface area contributed by atoms with Gasteiger partial charge in [0.2, 0.25) is 0 Å². The van der Waals surface area contributed by atoms with Crippen LogP contribution in [0.3, 0.4) is 0 Å². The van der Waals surface area contributed by atoms with Crippen molar-refractivity contribution in [1.82, 2.24) is 14.8 Å². The molecule has 0 aliphatic heterocycles. The van der Waals surface area contributed by atoms with Gasteiger partial charge < -0.3 is 4.57 Å². The van der Waals surface area contributed by atoms with Crippen LogP contribution in [0, 0.1) is 6.92 Å². The summed E-state index contributed by atoms with van der Waals surface area (Å²) in [5.74, 6) is 0.990. The molecule has 6 heteroatoms. The van der Waals surface area contributed by atoms with Gasteiger partial charge in [0.05, 0.1) is 5.75 Å². The van der Waals surface area contributed by atoms with Crippen LogP contribution in [-0.4, -0.2) is 23.2 Å². The van der Waals surface area contributed by atoms with Gasteiger partial charge >= 0.3 is 0 Å². The Kier molecular flexibility index (Phi) is 4.49. The Balaban J connectivity index is 1.84. The van der Waals surface area contributed by atoms with Gasteiger partial charge in [-0.2, -0.15) is 0 Å². The van der Waals surface area contributed by atoms with Crippen LogP contribution in [0.1, 0.15) is 17.0 Å². The predicted molar refractivity (Wildman–Crippen MR) is 93.9 cm³/mol. The van der Waals surface area contributed by atoms with Gasteiger partial charge in [-0.15, -0.1) is 10.2 Å². The number of aromatic nitrogens is 3. The third kappa shape index (κ3) is 3.54. The van der Waals surface area contributed by atoms with Gasteiger partial charge in [-0.05, 0) is 18.1 Å². The average Bonchev–Trinajstić information content (AvgIpc) is 2.91. The monoisotopic (exact) mass is 341 g/mol. The number of nitrogens with zero attached hydrogens (tertiary/aromatic N) is 3. The molecule has 5 nitrogen and oxygen atoms in total. The van der Waals surface area contributed by atoms with Gasteiger partial charge in [-0.3, -0.25) is 0 Å². The van der Waals surface area contributed by atoms with Crippen molar-refractivity contribution in [2.24, 2.45) is 7.05 Å². The minimum Gasteiger partial charge on any atom is -0.313 e. The number of sulfone groups is 1. The zero-order valence-corrected chi connectivity index (χ0v) is 14.5. The van der Waals surface area contributed by atoms with Gasteiger partial charge in [0, 0.05) is 12.6 Å². The minimum atomic E-state index is -3.32. The second kappa shape index (κ2) is 6.57. The molecular formula is C18H19N3O2S. The molecule has 24 heavy (non-hydrogen) atoms. The van der Waals surface area contributed by atoms with E-state index in [1.165, 1.54) is 0 Å². The summed E-state index contributed by atoms with van der Waals surface area (Å²) in [6, 6.07) is 17.1. The maximum Gasteiger partial charge on any atom is 0.163 e. The normalized spacial score (nSPS) is 11.6. The van der Waals surface area contributed by atoms with Crippen molar-refractivity contribution in [3.63, 3.8) is 0 Å². The first-order valence-electron chi connectivity index (χ1n) is 7.65. The lowest BCUT2D eigenvalue weighted by molar-refractivity contribution is 0.591. The smallest absolute Gasteiger partial charge is 0.163 e. The molecule has 0 amide bonds. The lowest BCUT2D eigenvalue weighted by Crippen LogP contribution is -2.12. The third-order valence-corrected chi connectivity index (χ3v) is 5.43. The maximum atomic E-state index is 12.5. The highest BCUT2D eigenvalue weighted by molar-refractivity contribution is 7.89. The van der Waals surface area contributed by atoms with E-state index in [0.717, 1.165) is 16.7 Å². The Labute approximate surface area is 141 Å². The fraction of sp³-hybridized carbons (Fsp3) is 0.222. The Bertz CT molecular complexity index is 947. The summed E-state index contributed by atoms with van der Waals surface area (Å²) in [6.45, 7) is 1.92. The van der Waals surface area contributed by atoms with E-state index in [2.05, 4.69) is 10.2 Å². The Hall–Kier alpha value is -2.47. The molecule has 0 radical (unpaired) electrons. The molecule has 0 spiro atoms. The molecule has 0 unspecified atom stereocenters. The number of rotatable bonds is 5. The third-order valence-electron chi connectivity index (χ3n) is 3.98. The minimum absolute atomic E-state index is 0.00715. The lowest BCUT2D eigenvalue weighted by Gasteiger charge is -2.08. The van der Waals surface area contributed by atoms with E-state index in [-0.39, 0.29) is 11.5 Å². The van der Waals surface area contributed by atoms with E-state index in [4.69, 9.17) is 0 Å². The Morgan fingerprint density at radius 2 is 1.58 bits per heavy atom. The van der Waals surface area contributed by atoms with E-state index in [1.807, 2.05) is 61.5 Å². The van der Waals surface area contributed by atoms with Crippen molar-refractivity contribution >= 4 is 9.84 Å². The van der Waals surface area contributed by atoms with E-state index in [0.29, 0.717) is 11.6 Å². The van der Waals surface area contributed by atoms with Crippen LogP contribution >= 0.6 is 0 Å². The second-order valence-electron chi connectivity index (χ2n) is 5.82. The quantitative estimate of drug-likeness (QED) is 0.716. The second-order valence-corrected chi connectivity index (χ2v) is 7.89. The zero-order chi connectivity index (χ0) is 17.2. The molecule has 0 aliphatic rings. The standard InChI is InChI=1S/C18H19N3O2S/c1-14-8-6-7-11-16(14)12-24(22,23)13-17-19-20-18(21(17)2)15-9-4-3-5-10-15/h3-11H,12-13H2,1-2H3. The highest BCUT2D eigenvalue weighted by atomic mass is 32.2. The summed E-state index contributed by atoms with van der Waals surface area (Å²) in [6.07, 6.45) is 0. The van der Waals surface area contributed by atoms with E-state index >= 15 is 0 Å². The SMILES string of the molecule is Cc1ccccc1CS(=O)(=O)Cc1nnc(-c2ccccc2)n1C. The molecule has 124 valence electrons.